The summed E-state index contributed by atoms with van der Waals surface area (Å²) >= 11 is 0. The molecule has 0 fully saturated rings. The highest BCUT2D eigenvalue weighted by molar-refractivity contribution is 7.92. The lowest BCUT2D eigenvalue weighted by atomic mass is 10.1. The van der Waals surface area contributed by atoms with Crippen LogP contribution in [0.3, 0.4) is 0 Å². The van der Waals surface area contributed by atoms with Crippen LogP contribution >= 0.6 is 0 Å². The molecule has 0 aliphatic heterocycles. The molecule has 0 amide bonds. The summed E-state index contributed by atoms with van der Waals surface area (Å²) in [5.74, 6) is 0. The number of aromatic amines is 1. The molecule has 22 heavy (non-hydrogen) atoms. The quantitative estimate of drug-likeness (QED) is 0.776. The first-order chi connectivity index (χ1) is 10.2. The van der Waals surface area contributed by atoms with Crippen LogP contribution in [0.4, 0.5) is 18.9 Å². The van der Waals surface area contributed by atoms with Crippen molar-refractivity contribution in [3.8, 4) is 0 Å². The summed E-state index contributed by atoms with van der Waals surface area (Å²) in [4.78, 5) is -0.979. The molecule has 0 atom stereocenters. The predicted molar refractivity (Wildman–Crippen MR) is 71.6 cm³/mol. The normalized spacial score (nSPS) is 12.4. The fourth-order valence-electron chi connectivity index (χ4n) is 1.81. The highest BCUT2D eigenvalue weighted by Gasteiger charge is 2.39. The molecule has 1 aromatic heterocycles. The van der Waals surface area contributed by atoms with Gasteiger partial charge in [-0.25, -0.2) is 8.42 Å². The van der Waals surface area contributed by atoms with Crippen LogP contribution in [0.15, 0.2) is 35.4 Å². The van der Waals surface area contributed by atoms with Gasteiger partial charge in [0.05, 0.1) is 6.20 Å². The van der Waals surface area contributed by atoms with Crippen molar-refractivity contribution in [1.82, 2.24) is 10.2 Å². The number of anilines is 1. The summed E-state index contributed by atoms with van der Waals surface area (Å²) in [6.45, 7) is -0.129. The number of hydrogen-bond acceptors (Lipinski definition) is 4. The van der Waals surface area contributed by atoms with Gasteiger partial charge in [-0.1, -0.05) is 12.1 Å². The van der Waals surface area contributed by atoms with Gasteiger partial charge in [-0.2, -0.15) is 18.3 Å². The molecule has 0 unspecified atom stereocenters. The minimum absolute atomic E-state index is 0.0975. The van der Waals surface area contributed by atoms with Crippen molar-refractivity contribution < 1.29 is 26.7 Å². The summed E-state index contributed by atoms with van der Waals surface area (Å²) < 4.78 is 64.4. The third kappa shape index (κ3) is 3.57. The Balaban J connectivity index is 2.33. The summed E-state index contributed by atoms with van der Waals surface area (Å²) in [6, 6.07) is 6.02. The van der Waals surface area contributed by atoms with Crippen molar-refractivity contribution in [2.75, 3.05) is 11.3 Å². The Morgan fingerprint density at radius 3 is 2.68 bits per heavy atom. The number of aliphatic hydroxyl groups excluding tert-OH is 1. The molecule has 0 radical (unpaired) electrons. The molecule has 1 heterocycles. The smallest absolute Gasteiger partial charge is 0.396 e. The zero-order chi connectivity index (χ0) is 16.4. The molecule has 6 nitrogen and oxygen atoms in total. The predicted octanol–water partition coefficient (Wildman–Crippen LogP) is 1.76. The number of aromatic nitrogens is 2. The molecule has 3 N–H and O–H groups in total. The van der Waals surface area contributed by atoms with E-state index in [0.29, 0.717) is 18.2 Å². The van der Waals surface area contributed by atoms with Gasteiger partial charge in [-0.3, -0.25) is 9.82 Å². The van der Waals surface area contributed by atoms with E-state index in [1.807, 2.05) is 0 Å². The first-order valence-corrected chi connectivity index (χ1v) is 7.55. The van der Waals surface area contributed by atoms with E-state index in [0.717, 1.165) is 0 Å². The second-order valence-corrected chi connectivity index (χ2v) is 6.04. The molecule has 1 aromatic carbocycles. The zero-order valence-electron chi connectivity index (χ0n) is 11.1. The number of nitrogens with zero attached hydrogens (tertiary/aromatic N) is 1. The number of nitrogens with one attached hydrogen (secondary N) is 2. The van der Waals surface area contributed by atoms with Gasteiger partial charge >= 0.3 is 6.18 Å². The van der Waals surface area contributed by atoms with Gasteiger partial charge < -0.3 is 5.11 Å². The summed E-state index contributed by atoms with van der Waals surface area (Å²) in [7, 11) is -4.44. The van der Waals surface area contributed by atoms with Crippen LogP contribution in [-0.2, 0) is 22.6 Å². The van der Waals surface area contributed by atoms with Crippen molar-refractivity contribution in [3.63, 3.8) is 0 Å². The summed E-state index contributed by atoms with van der Waals surface area (Å²) in [5.41, 5.74) is -0.697. The van der Waals surface area contributed by atoms with Crippen LogP contribution in [0, 0.1) is 0 Å². The monoisotopic (exact) mass is 335 g/mol. The molecule has 0 bridgehead atoms. The highest BCUT2D eigenvalue weighted by atomic mass is 32.2. The average molecular weight is 335 g/mol. The van der Waals surface area contributed by atoms with E-state index in [1.54, 1.807) is 11.2 Å². The maximum Gasteiger partial charge on any atom is 0.434 e. The van der Waals surface area contributed by atoms with Gasteiger partial charge in [-0.15, -0.1) is 0 Å². The van der Waals surface area contributed by atoms with Crippen LogP contribution in [-0.4, -0.2) is 30.3 Å². The lowest BCUT2D eigenvalue weighted by molar-refractivity contribution is -0.143. The molecule has 0 aliphatic carbocycles. The maximum atomic E-state index is 12.7. The number of sulfonamides is 1. The molecule has 10 heteroatoms. The van der Waals surface area contributed by atoms with E-state index in [4.69, 9.17) is 5.11 Å². The second-order valence-electron chi connectivity index (χ2n) is 4.39. The number of H-pyrrole nitrogens is 1. The van der Waals surface area contributed by atoms with E-state index in [-0.39, 0.29) is 12.3 Å². The minimum atomic E-state index is -4.86. The fraction of sp³-hybridized carbons (Fsp3) is 0.250. The Hall–Kier alpha value is -2.07. The summed E-state index contributed by atoms with van der Waals surface area (Å²) in [6.07, 6.45) is -3.96. The number of alkyl halides is 3. The van der Waals surface area contributed by atoms with Crippen molar-refractivity contribution >= 4 is 15.7 Å². The number of hydrogen-bond donors (Lipinski definition) is 3. The van der Waals surface area contributed by atoms with Crippen molar-refractivity contribution in [2.45, 2.75) is 17.5 Å². The van der Waals surface area contributed by atoms with Crippen molar-refractivity contribution in [1.29, 1.82) is 0 Å². The number of rotatable bonds is 5. The molecule has 0 saturated heterocycles. The van der Waals surface area contributed by atoms with Gasteiger partial charge in [-0.05, 0) is 24.1 Å². The Morgan fingerprint density at radius 1 is 1.32 bits per heavy atom. The van der Waals surface area contributed by atoms with Gasteiger partial charge in [0.25, 0.3) is 10.0 Å². The van der Waals surface area contributed by atoms with E-state index < -0.39 is 26.8 Å². The van der Waals surface area contributed by atoms with Gasteiger partial charge in [0, 0.05) is 12.3 Å². The minimum Gasteiger partial charge on any atom is -0.396 e. The zero-order valence-corrected chi connectivity index (χ0v) is 11.9. The molecule has 2 rings (SSSR count). The number of aliphatic hydroxyl groups is 1. The molecule has 0 aliphatic rings. The molecule has 120 valence electrons. The number of benzene rings is 1. The van der Waals surface area contributed by atoms with Crippen molar-refractivity contribution in [3.05, 3.63) is 41.7 Å². The lowest BCUT2D eigenvalue weighted by Gasteiger charge is -2.10. The lowest BCUT2D eigenvalue weighted by Crippen LogP contribution is -2.18. The molecule has 0 spiro atoms. The average Bonchev–Trinajstić information content (AvgIpc) is 2.89. The van der Waals surface area contributed by atoms with Crippen LogP contribution in [0.2, 0.25) is 0 Å². The molecular formula is C12H12F3N3O3S. The second kappa shape index (κ2) is 5.97. The van der Waals surface area contributed by atoms with Gasteiger partial charge in [0.2, 0.25) is 0 Å². The molecule has 2 aromatic rings. The standard InChI is InChI=1S/C12H12F3N3O3S/c13-12(14,15)11-10(7-16-17-11)22(20,21)18-9-3-1-2-8(6-9)4-5-19/h1-3,6-7,18-19H,4-5H2,(H,16,17). The largest absolute Gasteiger partial charge is 0.434 e. The SMILES string of the molecule is O=S(=O)(Nc1cccc(CCO)c1)c1cn[nH]c1C(F)(F)F. The van der Waals surface area contributed by atoms with Crippen LogP contribution < -0.4 is 4.72 Å². The Bertz CT molecular complexity index is 756. The Labute approximate surface area is 124 Å². The molecular weight excluding hydrogens is 323 g/mol. The van der Waals surface area contributed by atoms with Gasteiger partial charge in [0.15, 0.2) is 5.69 Å². The van der Waals surface area contributed by atoms with Crippen LogP contribution in [0.25, 0.3) is 0 Å². The van der Waals surface area contributed by atoms with Crippen LogP contribution in [0.1, 0.15) is 11.3 Å². The first-order valence-electron chi connectivity index (χ1n) is 6.07. The third-order valence-electron chi connectivity index (χ3n) is 2.76. The van der Waals surface area contributed by atoms with Gasteiger partial charge in [0.1, 0.15) is 4.90 Å². The van der Waals surface area contributed by atoms with E-state index in [2.05, 4.69) is 9.82 Å². The number of halogens is 3. The van der Waals surface area contributed by atoms with Crippen molar-refractivity contribution in [2.24, 2.45) is 0 Å². The Morgan fingerprint density at radius 2 is 2.05 bits per heavy atom. The maximum absolute atomic E-state index is 12.7. The highest BCUT2D eigenvalue weighted by Crippen LogP contribution is 2.32. The first kappa shape index (κ1) is 16.3. The van der Waals surface area contributed by atoms with E-state index in [1.165, 1.54) is 18.2 Å². The third-order valence-corrected chi connectivity index (χ3v) is 4.15. The van der Waals surface area contributed by atoms with Crippen LogP contribution in [0.5, 0.6) is 0 Å². The summed E-state index contributed by atoms with van der Waals surface area (Å²) in [5, 5.41) is 13.6. The Kier molecular flexibility index (Phi) is 4.42. The fourth-order valence-corrected chi connectivity index (χ4v) is 2.98. The van der Waals surface area contributed by atoms with E-state index in [9.17, 15) is 21.6 Å². The molecule has 0 saturated carbocycles. The van der Waals surface area contributed by atoms with E-state index >= 15 is 0 Å². The topological polar surface area (TPSA) is 95.1 Å².